The highest BCUT2D eigenvalue weighted by Gasteiger charge is 2.31. The molecule has 1 atom stereocenters. The Morgan fingerprint density at radius 2 is 2.11 bits per heavy atom. The van der Waals surface area contributed by atoms with Gasteiger partial charge >= 0.3 is 5.97 Å². The van der Waals surface area contributed by atoms with Gasteiger partial charge in [0.05, 0.1) is 19.1 Å². The molecule has 1 fully saturated rings. The number of benzene rings is 1. The topological polar surface area (TPSA) is 66.8 Å². The number of nitrogens with zero attached hydrogens (tertiary/aromatic N) is 1. The van der Waals surface area contributed by atoms with Crippen LogP contribution in [0.15, 0.2) is 24.3 Å². The van der Waals surface area contributed by atoms with Crippen molar-refractivity contribution >= 4 is 29.2 Å². The second-order valence-corrected chi connectivity index (χ2v) is 4.44. The summed E-state index contributed by atoms with van der Waals surface area (Å²) >= 11 is 5.79. The minimum absolute atomic E-state index is 0.0290. The van der Waals surface area contributed by atoms with Crippen LogP contribution in [-0.4, -0.2) is 36.2 Å². The molecule has 0 aliphatic carbocycles. The van der Waals surface area contributed by atoms with Crippen molar-refractivity contribution in [2.45, 2.75) is 12.5 Å². The van der Waals surface area contributed by atoms with Crippen molar-refractivity contribution < 1.29 is 19.4 Å². The monoisotopic (exact) mass is 269 g/mol. The van der Waals surface area contributed by atoms with Crippen LogP contribution in [0.2, 0.25) is 5.02 Å². The van der Waals surface area contributed by atoms with Gasteiger partial charge in [0, 0.05) is 10.7 Å². The Kier molecular flexibility index (Phi) is 3.84. The van der Waals surface area contributed by atoms with Gasteiger partial charge in [-0.3, -0.25) is 9.59 Å². The van der Waals surface area contributed by atoms with Gasteiger partial charge in [-0.2, -0.15) is 0 Å². The number of carboxylic acid groups (broad SMARTS) is 1. The Morgan fingerprint density at radius 1 is 1.44 bits per heavy atom. The molecule has 1 aliphatic heterocycles. The molecule has 0 saturated carbocycles. The van der Waals surface area contributed by atoms with Gasteiger partial charge in [-0.25, -0.2) is 0 Å². The molecule has 0 aromatic heterocycles. The van der Waals surface area contributed by atoms with Crippen LogP contribution in [0.3, 0.4) is 0 Å². The molecule has 1 amide bonds. The molecule has 0 bridgehead atoms. The van der Waals surface area contributed by atoms with Crippen molar-refractivity contribution in [2.24, 2.45) is 0 Å². The fraction of sp³-hybridized carbons (Fsp3) is 0.333. The number of carboxylic acids is 1. The summed E-state index contributed by atoms with van der Waals surface area (Å²) in [4.78, 5) is 24.1. The van der Waals surface area contributed by atoms with Crippen molar-refractivity contribution in [1.82, 2.24) is 0 Å². The largest absolute Gasteiger partial charge is 0.481 e. The molecule has 2 rings (SSSR count). The molecule has 1 heterocycles. The van der Waals surface area contributed by atoms with Gasteiger partial charge in [0.1, 0.15) is 6.61 Å². The molecule has 96 valence electrons. The van der Waals surface area contributed by atoms with E-state index in [1.807, 2.05) is 0 Å². The molecule has 1 aromatic rings. The van der Waals surface area contributed by atoms with E-state index in [9.17, 15) is 9.59 Å². The number of hydrogen-bond acceptors (Lipinski definition) is 3. The fourth-order valence-corrected chi connectivity index (χ4v) is 2.06. The van der Waals surface area contributed by atoms with Gasteiger partial charge in [0.25, 0.3) is 5.91 Å². The van der Waals surface area contributed by atoms with Crippen LogP contribution in [-0.2, 0) is 14.3 Å². The summed E-state index contributed by atoms with van der Waals surface area (Å²) in [6.07, 6.45) is -0.144. The lowest BCUT2D eigenvalue weighted by atomic mass is 10.1. The van der Waals surface area contributed by atoms with E-state index in [2.05, 4.69) is 0 Å². The van der Waals surface area contributed by atoms with Gasteiger partial charge in [0.15, 0.2) is 0 Å². The summed E-state index contributed by atoms with van der Waals surface area (Å²) in [5.41, 5.74) is 0.638. The minimum Gasteiger partial charge on any atom is -0.481 e. The van der Waals surface area contributed by atoms with Gasteiger partial charge in [-0.05, 0) is 24.3 Å². The summed E-state index contributed by atoms with van der Waals surface area (Å²) in [6.45, 7) is 0.194. The maximum absolute atomic E-state index is 11.8. The summed E-state index contributed by atoms with van der Waals surface area (Å²) in [7, 11) is 0. The molecule has 1 aliphatic rings. The van der Waals surface area contributed by atoms with Crippen LogP contribution in [0, 0.1) is 0 Å². The van der Waals surface area contributed by atoms with Crippen LogP contribution in [0.1, 0.15) is 6.42 Å². The van der Waals surface area contributed by atoms with E-state index < -0.39 is 12.0 Å². The predicted octanol–water partition coefficient (Wildman–Crippen LogP) is 1.55. The average Bonchev–Trinajstić information content (AvgIpc) is 2.30. The number of carbonyl (C=O) groups is 2. The Labute approximate surface area is 109 Å². The first-order valence-electron chi connectivity index (χ1n) is 5.45. The smallest absolute Gasteiger partial charge is 0.305 e. The Bertz CT molecular complexity index is 460. The number of amides is 1. The lowest BCUT2D eigenvalue weighted by molar-refractivity contribution is -0.138. The highest BCUT2D eigenvalue weighted by molar-refractivity contribution is 6.30. The molecule has 1 aromatic carbocycles. The molecular formula is C12H12ClNO4. The zero-order valence-corrected chi connectivity index (χ0v) is 10.3. The van der Waals surface area contributed by atoms with Crippen LogP contribution in [0.5, 0.6) is 0 Å². The normalized spacial score (nSPS) is 19.9. The Morgan fingerprint density at radius 3 is 2.72 bits per heavy atom. The maximum Gasteiger partial charge on any atom is 0.305 e. The SMILES string of the molecule is O=C(O)CC1COCC(=O)N1c1ccc(Cl)cc1. The number of ether oxygens (including phenoxy) is 1. The quantitative estimate of drug-likeness (QED) is 0.904. The minimum atomic E-state index is -0.961. The highest BCUT2D eigenvalue weighted by Crippen LogP contribution is 2.24. The van der Waals surface area contributed by atoms with Crippen molar-refractivity contribution in [1.29, 1.82) is 0 Å². The summed E-state index contributed by atoms with van der Waals surface area (Å²) in [5.74, 6) is -1.20. The molecule has 1 N–H and O–H groups in total. The van der Waals surface area contributed by atoms with E-state index in [1.165, 1.54) is 4.90 Å². The maximum atomic E-state index is 11.8. The highest BCUT2D eigenvalue weighted by atomic mass is 35.5. The zero-order valence-electron chi connectivity index (χ0n) is 9.51. The summed E-state index contributed by atoms with van der Waals surface area (Å²) in [6, 6.07) is 6.24. The Hall–Kier alpha value is -1.59. The van der Waals surface area contributed by atoms with Gasteiger partial charge in [-0.1, -0.05) is 11.6 Å². The van der Waals surface area contributed by atoms with E-state index in [0.29, 0.717) is 10.7 Å². The van der Waals surface area contributed by atoms with Gasteiger partial charge in [0.2, 0.25) is 0 Å². The lowest BCUT2D eigenvalue weighted by Crippen LogP contribution is -2.50. The number of hydrogen-bond donors (Lipinski definition) is 1. The molecule has 1 saturated heterocycles. The Balaban J connectivity index is 2.26. The summed E-state index contributed by atoms with van der Waals surface area (Å²) in [5, 5.41) is 9.41. The number of rotatable bonds is 3. The third-order valence-electron chi connectivity index (χ3n) is 2.68. The van der Waals surface area contributed by atoms with E-state index in [0.717, 1.165) is 0 Å². The molecule has 18 heavy (non-hydrogen) atoms. The van der Waals surface area contributed by atoms with E-state index in [-0.39, 0.29) is 25.5 Å². The van der Waals surface area contributed by atoms with Gasteiger partial charge in [-0.15, -0.1) is 0 Å². The second kappa shape index (κ2) is 5.37. The van der Waals surface area contributed by atoms with Gasteiger partial charge < -0.3 is 14.7 Å². The molecule has 6 heteroatoms. The summed E-state index contributed by atoms with van der Waals surface area (Å²) < 4.78 is 5.09. The fourth-order valence-electron chi connectivity index (χ4n) is 1.94. The number of morpholine rings is 1. The number of anilines is 1. The second-order valence-electron chi connectivity index (χ2n) is 4.01. The number of carbonyl (C=O) groups excluding carboxylic acids is 1. The van der Waals surface area contributed by atoms with Crippen LogP contribution >= 0.6 is 11.6 Å². The first-order valence-corrected chi connectivity index (χ1v) is 5.83. The average molecular weight is 270 g/mol. The molecule has 5 nitrogen and oxygen atoms in total. The van der Waals surface area contributed by atoms with Crippen molar-refractivity contribution in [3.8, 4) is 0 Å². The van der Waals surface area contributed by atoms with Crippen LogP contribution < -0.4 is 4.90 Å². The number of aliphatic carboxylic acids is 1. The van der Waals surface area contributed by atoms with Crippen molar-refractivity contribution in [3.05, 3.63) is 29.3 Å². The molecule has 1 unspecified atom stereocenters. The lowest BCUT2D eigenvalue weighted by Gasteiger charge is -2.34. The predicted molar refractivity (Wildman–Crippen MR) is 65.8 cm³/mol. The third-order valence-corrected chi connectivity index (χ3v) is 2.94. The third kappa shape index (κ3) is 2.80. The van der Waals surface area contributed by atoms with Crippen LogP contribution in [0.25, 0.3) is 0 Å². The standard InChI is InChI=1S/C12H12ClNO4/c13-8-1-3-9(4-2-8)14-10(5-12(16)17)6-18-7-11(14)15/h1-4,10H,5-7H2,(H,16,17). The van der Waals surface area contributed by atoms with E-state index >= 15 is 0 Å². The van der Waals surface area contributed by atoms with Crippen molar-refractivity contribution in [3.63, 3.8) is 0 Å². The van der Waals surface area contributed by atoms with Crippen LogP contribution in [0.4, 0.5) is 5.69 Å². The first kappa shape index (κ1) is 12.9. The number of halogens is 1. The zero-order chi connectivity index (χ0) is 13.1. The molecule has 0 spiro atoms. The van der Waals surface area contributed by atoms with E-state index in [1.54, 1.807) is 24.3 Å². The first-order chi connectivity index (χ1) is 8.58. The molecule has 0 radical (unpaired) electrons. The molecular weight excluding hydrogens is 258 g/mol. The van der Waals surface area contributed by atoms with Crippen molar-refractivity contribution in [2.75, 3.05) is 18.1 Å². The van der Waals surface area contributed by atoms with E-state index in [4.69, 9.17) is 21.4 Å².